The van der Waals surface area contributed by atoms with Crippen molar-refractivity contribution >= 4 is 22.9 Å². The lowest BCUT2D eigenvalue weighted by molar-refractivity contribution is -0.130. The number of nitrogens with zero attached hydrogens (tertiary/aromatic N) is 2. The van der Waals surface area contributed by atoms with E-state index >= 15 is 0 Å². The van der Waals surface area contributed by atoms with Gasteiger partial charge < -0.3 is 14.6 Å². The molecule has 2 aromatic rings. The molecule has 0 saturated carbocycles. The van der Waals surface area contributed by atoms with E-state index in [2.05, 4.69) is 5.32 Å². The first-order valence-electron chi connectivity index (χ1n) is 9.23. The first-order valence-corrected chi connectivity index (χ1v) is 9.23. The van der Waals surface area contributed by atoms with E-state index in [0.29, 0.717) is 37.0 Å². The molecular formula is C19H25N3O4. The molecule has 1 aliphatic heterocycles. The Balaban J connectivity index is 1.54. The van der Waals surface area contributed by atoms with Gasteiger partial charge in [-0.2, -0.15) is 0 Å². The second-order valence-corrected chi connectivity index (χ2v) is 6.72. The molecule has 0 radical (unpaired) electrons. The average molecular weight is 359 g/mol. The molecule has 0 bridgehead atoms. The number of nitrogens with one attached hydrogen (secondary N) is 1. The van der Waals surface area contributed by atoms with Crippen LogP contribution in [-0.4, -0.2) is 40.9 Å². The fraction of sp³-hybridized carbons (Fsp3) is 0.526. The van der Waals surface area contributed by atoms with Crippen LogP contribution in [0.1, 0.15) is 45.1 Å². The summed E-state index contributed by atoms with van der Waals surface area (Å²) in [6.45, 7) is 3.61. The molecule has 3 rings (SSSR count). The Kier molecular flexibility index (Phi) is 5.75. The third-order valence-electron chi connectivity index (χ3n) is 4.86. The van der Waals surface area contributed by atoms with Gasteiger partial charge in [0.2, 0.25) is 11.8 Å². The summed E-state index contributed by atoms with van der Waals surface area (Å²) in [7, 11) is 0. The van der Waals surface area contributed by atoms with Crippen LogP contribution in [0.2, 0.25) is 0 Å². The number of benzene rings is 1. The van der Waals surface area contributed by atoms with Crippen molar-refractivity contribution in [1.29, 1.82) is 0 Å². The van der Waals surface area contributed by atoms with Gasteiger partial charge in [0.05, 0.1) is 5.52 Å². The molecule has 1 saturated heterocycles. The lowest BCUT2D eigenvalue weighted by Crippen LogP contribution is -2.37. The lowest BCUT2D eigenvalue weighted by atomic mass is 10.2. The minimum atomic E-state index is -0.661. The summed E-state index contributed by atoms with van der Waals surface area (Å²) < 4.78 is 6.55. The minimum absolute atomic E-state index is 0.207. The Bertz CT molecular complexity index is 839. The van der Waals surface area contributed by atoms with Gasteiger partial charge in [-0.1, -0.05) is 18.6 Å². The van der Waals surface area contributed by atoms with Crippen molar-refractivity contribution in [3.8, 4) is 0 Å². The van der Waals surface area contributed by atoms with E-state index in [0.717, 1.165) is 25.8 Å². The number of carbonyl (C=O) groups is 2. The summed E-state index contributed by atoms with van der Waals surface area (Å²) in [6, 6.07) is 6.39. The summed E-state index contributed by atoms with van der Waals surface area (Å²) in [6.07, 6.45) is 4.44. The third-order valence-corrected chi connectivity index (χ3v) is 4.86. The molecule has 2 heterocycles. The Labute approximate surface area is 152 Å². The number of hydrogen-bond donors (Lipinski definition) is 1. The third kappa shape index (κ3) is 3.98. The van der Waals surface area contributed by atoms with Crippen LogP contribution in [0.15, 0.2) is 33.5 Å². The Hall–Kier alpha value is -2.57. The summed E-state index contributed by atoms with van der Waals surface area (Å²) in [5, 5.41) is 2.85. The topological polar surface area (TPSA) is 84.5 Å². The maximum Gasteiger partial charge on any atom is 0.420 e. The zero-order valence-corrected chi connectivity index (χ0v) is 15.1. The maximum absolute atomic E-state index is 12.4. The van der Waals surface area contributed by atoms with E-state index in [-0.39, 0.29) is 11.8 Å². The fourth-order valence-corrected chi connectivity index (χ4v) is 3.37. The predicted octanol–water partition coefficient (Wildman–Crippen LogP) is 2.06. The number of carbonyl (C=O) groups excluding carboxylic acids is 2. The van der Waals surface area contributed by atoms with Crippen LogP contribution in [0.3, 0.4) is 0 Å². The molecule has 1 unspecified atom stereocenters. The molecule has 26 heavy (non-hydrogen) atoms. The zero-order chi connectivity index (χ0) is 18.5. The number of para-hydroxylation sites is 2. The van der Waals surface area contributed by atoms with Gasteiger partial charge in [0.1, 0.15) is 6.04 Å². The standard InChI is InChI=1S/C19H25N3O4/c1-14(22-15-8-4-5-9-16(15)26-19(22)25)18(24)20-11-7-13-21-12-6-2-3-10-17(21)23/h4-5,8-9,14H,2-3,6-7,10-13H2,1H3,(H,20,24). The van der Waals surface area contributed by atoms with Gasteiger partial charge in [-0.25, -0.2) is 4.79 Å². The van der Waals surface area contributed by atoms with E-state index < -0.39 is 11.8 Å². The van der Waals surface area contributed by atoms with Gasteiger partial charge in [0, 0.05) is 26.1 Å². The molecular weight excluding hydrogens is 334 g/mol. The first kappa shape index (κ1) is 18.2. The molecule has 0 spiro atoms. The van der Waals surface area contributed by atoms with E-state index in [1.54, 1.807) is 31.2 Å². The Morgan fingerprint density at radius 1 is 1.23 bits per heavy atom. The van der Waals surface area contributed by atoms with Gasteiger partial charge in [0.15, 0.2) is 5.58 Å². The molecule has 7 nitrogen and oxygen atoms in total. The molecule has 1 aliphatic rings. The fourth-order valence-electron chi connectivity index (χ4n) is 3.37. The Morgan fingerprint density at radius 2 is 2.04 bits per heavy atom. The van der Waals surface area contributed by atoms with E-state index in [4.69, 9.17) is 4.42 Å². The van der Waals surface area contributed by atoms with E-state index in [1.165, 1.54) is 4.57 Å². The van der Waals surface area contributed by atoms with Crippen molar-refractivity contribution in [1.82, 2.24) is 14.8 Å². The van der Waals surface area contributed by atoms with Gasteiger partial charge in [-0.3, -0.25) is 14.2 Å². The van der Waals surface area contributed by atoms with Crippen LogP contribution >= 0.6 is 0 Å². The van der Waals surface area contributed by atoms with Crippen molar-refractivity contribution in [3.05, 3.63) is 34.8 Å². The smallest absolute Gasteiger partial charge is 0.408 e. The number of rotatable bonds is 6. The minimum Gasteiger partial charge on any atom is -0.408 e. The first-order chi connectivity index (χ1) is 12.6. The highest BCUT2D eigenvalue weighted by Gasteiger charge is 2.21. The lowest BCUT2D eigenvalue weighted by Gasteiger charge is -2.20. The van der Waals surface area contributed by atoms with Crippen molar-refractivity contribution < 1.29 is 14.0 Å². The molecule has 1 fully saturated rings. The van der Waals surface area contributed by atoms with Gasteiger partial charge in [-0.15, -0.1) is 0 Å². The van der Waals surface area contributed by atoms with E-state index in [9.17, 15) is 14.4 Å². The van der Waals surface area contributed by atoms with Gasteiger partial charge in [0.25, 0.3) is 0 Å². The quantitative estimate of drug-likeness (QED) is 0.800. The summed E-state index contributed by atoms with van der Waals surface area (Å²) in [5.41, 5.74) is 1.08. The van der Waals surface area contributed by atoms with Gasteiger partial charge in [-0.05, 0) is 38.3 Å². The van der Waals surface area contributed by atoms with Crippen LogP contribution in [-0.2, 0) is 9.59 Å². The zero-order valence-electron chi connectivity index (χ0n) is 15.1. The number of oxazole rings is 1. The molecule has 1 N–H and O–H groups in total. The molecule has 7 heteroatoms. The average Bonchev–Trinajstić information content (AvgIpc) is 2.83. The van der Waals surface area contributed by atoms with Crippen molar-refractivity contribution in [2.75, 3.05) is 19.6 Å². The van der Waals surface area contributed by atoms with Crippen molar-refractivity contribution in [2.24, 2.45) is 0 Å². The predicted molar refractivity (Wildman–Crippen MR) is 97.9 cm³/mol. The summed E-state index contributed by atoms with van der Waals surface area (Å²) in [5.74, 6) is -0.566. The van der Waals surface area contributed by atoms with Crippen LogP contribution in [0.4, 0.5) is 0 Å². The summed E-state index contributed by atoms with van der Waals surface area (Å²) in [4.78, 5) is 38.3. The van der Waals surface area contributed by atoms with Crippen LogP contribution < -0.4 is 11.1 Å². The highest BCUT2D eigenvalue weighted by Crippen LogP contribution is 2.16. The van der Waals surface area contributed by atoms with Crippen molar-refractivity contribution in [2.45, 2.75) is 45.1 Å². The monoisotopic (exact) mass is 359 g/mol. The SMILES string of the molecule is CC(C(=O)NCCCN1CCCCCC1=O)n1c(=O)oc2ccccc21. The highest BCUT2D eigenvalue weighted by atomic mass is 16.4. The van der Waals surface area contributed by atoms with Gasteiger partial charge >= 0.3 is 5.76 Å². The highest BCUT2D eigenvalue weighted by molar-refractivity contribution is 5.82. The molecule has 140 valence electrons. The largest absolute Gasteiger partial charge is 0.420 e. The number of amides is 2. The Morgan fingerprint density at radius 3 is 2.88 bits per heavy atom. The summed E-state index contributed by atoms with van der Waals surface area (Å²) >= 11 is 0. The number of fused-ring (bicyclic) bond motifs is 1. The molecule has 1 aromatic heterocycles. The maximum atomic E-state index is 12.4. The molecule has 0 aliphatic carbocycles. The van der Waals surface area contributed by atoms with Crippen LogP contribution in [0.25, 0.3) is 11.1 Å². The van der Waals surface area contributed by atoms with Crippen molar-refractivity contribution in [3.63, 3.8) is 0 Å². The van der Waals surface area contributed by atoms with Crippen LogP contribution in [0.5, 0.6) is 0 Å². The molecule has 1 atom stereocenters. The molecule has 2 amide bonds. The second kappa shape index (κ2) is 8.21. The number of likely N-dealkylation sites (tertiary alicyclic amines) is 1. The normalized spacial score (nSPS) is 16.5. The number of aromatic nitrogens is 1. The molecule has 1 aromatic carbocycles. The second-order valence-electron chi connectivity index (χ2n) is 6.72. The van der Waals surface area contributed by atoms with E-state index in [1.807, 2.05) is 4.90 Å². The number of hydrogen-bond acceptors (Lipinski definition) is 4. The van der Waals surface area contributed by atoms with Crippen LogP contribution in [0, 0.1) is 0 Å².